The van der Waals surface area contributed by atoms with E-state index in [4.69, 9.17) is 4.74 Å². The lowest BCUT2D eigenvalue weighted by Crippen LogP contribution is -2.38. The third kappa shape index (κ3) is 4.88. The van der Waals surface area contributed by atoms with Crippen LogP contribution in [0.15, 0.2) is 24.3 Å². The Hall–Kier alpha value is -3.23. The zero-order valence-corrected chi connectivity index (χ0v) is 14.2. The molecule has 1 heterocycles. The number of hydrogen-bond acceptors (Lipinski definition) is 6. The van der Waals surface area contributed by atoms with Crippen molar-refractivity contribution >= 4 is 35.3 Å². The lowest BCUT2D eigenvalue weighted by molar-refractivity contribution is -0.127. The number of amides is 4. The Balaban J connectivity index is 1.91. The number of likely N-dealkylation sites (N-methyl/N-ethyl adjacent to an activating group) is 1. The Bertz CT molecular complexity index is 730. The van der Waals surface area contributed by atoms with Crippen LogP contribution < -0.4 is 15.5 Å². The minimum Gasteiger partial charge on any atom is -0.452 e. The van der Waals surface area contributed by atoms with Crippen molar-refractivity contribution < 1.29 is 28.7 Å². The van der Waals surface area contributed by atoms with Crippen molar-refractivity contribution in [3.8, 4) is 0 Å². The molecular weight excluding hydrogens is 342 g/mol. The molecule has 1 saturated heterocycles. The second-order valence-electron chi connectivity index (χ2n) is 5.48. The molecule has 1 aliphatic rings. The number of hydrogen-bond donors (Lipinski definition) is 2. The summed E-state index contributed by atoms with van der Waals surface area (Å²) in [6.07, 6.45) is 0.276. The lowest BCUT2D eigenvalue weighted by Gasteiger charge is -2.14. The highest BCUT2D eigenvalue weighted by Crippen LogP contribution is 2.23. The molecule has 4 amide bonds. The number of rotatable bonds is 7. The van der Waals surface area contributed by atoms with E-state index in [9.17, 15) is 24.0 Å². The van der Waals surface area contributed by atoms with Gasteiger partial charge >= 0.3 is 5.97 Å². The molecule has 1 aromatic carbocycles. The highest BCUT2D eigenvalue weighted by molar-refractivity contribution is 6.20. The SMILES string of the molecule is CCNC(=O)CNC(=O)COC(=O)c1cccc(N2C(=O)CCC2=O)c1. The van der Waals surface area contributed by atoms with Crippen molar-refractivity contribution in [2.24, 2.45) is 0 Å². The van der Waals surface area contributed by atoms with E-state index in [1.54, 1.807) is 6.92 Å². The number of esters is 1. The van der Waals surface area contributed by atoms with Crippen LogP contribution in [0, 0.1) is 0 Å². The highest BCUT2D eigenvalue weighted by Gasteiger charge is 2.30. The molecule has 138 valence electrons. The molecule has 0 aliphatic carbocycles. The average Bonchev–Trinajstić information content (AvgIpc) is 2.96. The van der Waals surface area contributed by atoms with Gasteiger partial charge in [0.15, 0.2) is 6.61 Å². The predicted molar refractivity (Wildman–Crippen MR) is 90.1 cm³/mol. The van der Waals surface area contributed by atoms with Crippen molar-refractivity contribution in [2.45, 2.75) is 19.8 Å². The predicted octanol–water partition coefficient (Wildman–Crippen LogP) is -0.251. The summed E-state index contributed by atoms with van der Waals surface area (Å²) >= 11 is 0. The molecule has 0 radical (unpaired) electrons. The van der Waals surface area contributed by atoms with Gasteiger partial charge in [0.05, 0.1) is 17.8 Å². The van der Waals surface area contributed by atoms with Crippen LogP contribution in [-0.4, -0.2) is 49.3 Å². The van der Waals surface area contributed by atoms with Gasteiger partial charge in [-0.2, -0.15) is 0 Å². The van der Waals surface area contributed by atoms with Crippen molar-refractivity contribution in [2.75, 3.05) is 24.6 Å². The van der Waals surface area contributed by atoms with Crippen molar-refractivity contribution in [3.63, 3.8) is 0 Å². The number of nitrogens with zero attached hydrogens (tertiary/aromatic N) is 1. The molecule has 0 bridgehead atoms. The molecular formula is C17H19N3O6. The zero-order valence-electron chi connectivity index (χ0n) is 14.2. The first-order valence-electron chi connectivity index (χ1n) is 8.08. The Kier molecular flexibility index (Phi) is 6.42. The monoisotopic (exact) mass is 361 g/mol. The molecule has 0 unspecified atom stereocenters. The number of ether oxygens (including phenoxy) is 1. The van der Waals surface area contributed by atoms with Gasteiger partial charge in [0.2, 0.25) is 17.7 Å². The summed E-state index contributed by atoms with van der Waals surface area (Å²) in [5.74, 6) is -2.40. The van der Waals surface area contributed by atoms with Crippen LogP contribution in [0.4, 0.5) is 5.69 Å². The summed E-state index contributed by atoms with van der Waals surface area (Å²) in [5.41, 5.74) is 0.388. The van der Waals surface area contributed by atoms with Gasteiger partial charge in [-0.15, -0.1) is 0 Å². The molecule has 2 N–H and O–H groups in total. The Morgan fingerprint density at radius 1 is 1.08 bits per heavy atom. The van der Waals surface area contributed by atoms with Gasteiger partial charge in [-0.05, 0) is 25.1 Å². The van der Waals surface area contributed by atoms with Crippen molar-refractivity contribution in [1.82, 2.24) is 10.6 Å². The van der Waals surface area contributed by atoms with E-state index >= 15 is 0 Å². The molecule has 1 aromatic rings. The summed E-state index contributed by atoms with van der Waals surface area (Å²) in [6, 6.07) is 5.86. The third-order valence-electron chi connectivity index (χ3n) is 3.55. The van der Waals surface area contributed by atoms with Crippen LogP contribution in [0.2, 0.25) is 0 Å². The second-order valence-corrected chi connectivity index (χ2v) is 5.48. The summed E-state index contributed by atoms with van der Waals surface area (Å²) in [7, 11) is 0. The van der Waals surface area contributed by atoms with E-state index in [1.165, 1.54) is 24.3 Å². The number of carbonyl (C=O) groups excluding carboxylic acids is 5. The molecule has 0 atom stereocenters. The molecule has 9 heteroatoms. The van der Waals surface area contributed by atoms with Gasteiger partial charge in [0, 0.05) is 19.4 Å². The number of anilines is 1. The van der Waals surface area contributed by atoms with E-state index < -0.39 is 18.5 Å². The second kappa shape index (κ2) is 8.75. The molecule has 1 fully saturated rings. The van der Waals surface area contributed by atoms with Crippen LogP contribution in [0.3, 0.4) is 0 Å². The smallest absolute Gasteiger partial charge is 0.338 e. The number of benzene rings is 1. The normalized spacial score (nSPS) is 13.5. The average molecular weight is 361 g/mol. The summed E-state index contributed by atoms with van der Waals surface area (Å²) in [6.45, 7) is 1.43. The Labute approximate surface area is 149 Å². The van der Waals surface area contributed by atoms with E-state index in [1.807, 2.05) is 0 Å². The van der Waals surface area contributed by atoms with Crippen LogP contribution in [-0.2, 0) is 23.9 Å². The van der Waals surface area contributed by atoms with Gasteiger partial charge in [0.25, 0.3) is 5.91 Å². The first-order chi connectivity index (χ1) is 12.4. The lowest BCUT2D eigenvalue weighted by atomic mass is 10.2. The Morgan fingerprint density at radius 3 is 2.42 bits per heavy atom. The fourth-order valence-electron chi connectivity index (χ4n) is 2.34. The van der Waals surface area contributed by atoms with E-state index in [2.05, 4.69) is 10.6 Å². The van der Waals surface area contributed by atoms with Crippen LogP contribution in [0.25, 0.3) is 0 Å². The van der Waals surface area contributed by atoms with Gasteiger partial charge in [-0.3, -0.25) is 24.1 Å². The highest BCUT2D eigenvalue weighted by atomic mass is 16.5. The standard InChI is InChI=1S/C17H19N3O6/c1-2-18-13(21)9-19-14(22)10-26-17(25)11-4-3-5-12(8-11)20-15(23)6-7-16(20)24/h3-5,8H,2,6-7,9-10H2,1H3,(H,18,21)(H,19,22). The molecule has 0 aromatic heterocycles. The third-order valence-corrected chi connectivity index (χ3v) is 3.55. The van der Waals surface area contributed by atoms with E-state index in [0.717, 1.165) is 4.90 Å². The van der Waals surface area contributed by atoms with Gasteiger partial charge in [-0.1, -0.05) is 6.07 Å². The van der Waals surface area contributed by atoms with Crippen LogP contribution >= 0.6 is 0 Å². The first-order valence-corrected chi connectivity index (χ1v) is 8.08. The minimum atomic E-state index is -0.779. The molecule has 26 heavy (non-hydrogen) atoms. The van der Waals surface area contributed by atoms with E-state index in [0.29, 0.717) is 6.54 Å². The summed E-state index contributed by atoms with van der Waals surface area (Å²) < 4.78 is 4.88. The van der Waals surface area contributed by atoms with Crippen LogP contribution in [0.1, 0.15) is 30.1 Å². The number of carbonyl (C=O) groups is 5. The largest absolute Gasteiger partial charge is 0.452 e. The minimum absolute atomic E-state index is 0.103. The van der Waals surface area contributed by atoms with Gasteiger partial charge in [-0.25, -0.2) is 4.79 Å². The van der Waals surface area contributed by atoms with E-state index in [-0.39, 0.29) is 48.4 Å². The van der Waals surface area contributed by atoms with Gasteiger partial charge in [0.1, 0.15) is 0 Å². The van der Waals surface area contributed by atoms with Crippen molar-refractivity contribution in [3.05, 3.63) is 29.8 Å². The maximum absolute atomic E-state index is 12.1. The van der Waals surface area contributed by atoms with Crippen molar-refractivity contribution in [1.29, 1.82) is 0 Å². The molecule has 0 saturated carbocycles. The quantitative estimate of drug-likeness (QED) is 0.510. The molecule has 0 spiro atoms. The Morgan fingerprint density at radius 2 is 1.77 bits per heavy atom. The number of nitrogens with one attached hydrogen (secondary N) is 2. The fraction of sp³-hybridized carbons (Fsp3) is 0.353. The fourth-order valence-corrected chi connectivity index (χ4v) is 2.34. The number of imide groups is 1. The maximum Gasteiger partial charge on any atom is 0.338 e. The topological polar surface area (TPSA) is 122 Å². The molecule has 1 aliphatic heterocycles. The molecule has 9 nitrogen and oxygen atoms in total. The first kappa shape index (κ1) is 19.1. The zero-order chi connectivity index (χ0) is 19.1. The van der Waals surface area contributed by atoms with Crippen LogP contribution in [0.5, 0.6) is 0 Å². The molecule has 2 rings (SSSR count). The summed E-state index contributed by atoms with van der Waals surface area (Å²) in [4.78, 5) is 59.4. The summed E-state index contributed by atoms with van der Waals surface area (Å²) in [5, 5.41) is 4.83. The maximum atomic E-state index is 12.1. The van der Waals surface area contributed by atoms with Gasteiger partial charge < -0.3 is 15.4 Å².